The highest BCUT2D eigenvalue weighted by Crippen LogP contribution is 2.26. The summed E-state index contributed by atoms with van der Waals surface area (Å²) in [5.74, 6) is 0.0435. The summed E-state index contributed by atoms with van der Waals surface area (Å²) in [4.78, 5) is 14.6. The second-order valence-electron chi connectivity index (χ2n) is 6.53. The zero-order valence-corrected chi connectivity index (χ0v) is 17.1. The topological polar surface area (TPSA) is 108 Å². The number of carbonyl (C=O) groups is 1. The van der Waals surface area contributed by atoms with Crippen LogP contribution in [0.15, 0.2) is 65.7 Å². The Kier molecular flexibility index (Phi) is 5.71. The number of rotatable bonds is 6. The van der Waals surface area contributed by atoms with Crippen LogP contribution in [0.5, 0.6) is 5.75 Å². The van der Waals surface area contributed by atoms with E-state index in [9.17, 15) is 13.2 Å². The molecule has 29 heavy (non-hydrogen) atoms. The van der Waals surface area contributed by atoms with Crippen molar-refractivity contribution in [2.24, 2.45) is 5.14 Å². The van der Waals surface area contributed by atoms with Crippen molar-refractivity contribution in [3.8, 4) is 11.4 Å². The first-order valence-electron chi connectivity index (χ1n) is 8.81. The molecule has 2 aromatic carbocycles. The van der Waals surface area contributed by atoms with Gasteiger partial charge in [-0.3, -0.25) is 4.79 Å². The van der Waals surface area contributed by atoms with Crippen molar-refractivity contribution in [3.63, 3.8) is 0 Å². The van der Waals surface area contributed by atoms with Crippen LogP contribution in [0.1, 0.15) is 29.0 Å². The molecule has 152 valence electrons. The summed E-state index contributed by atoms with van der Waals surface area (Å²) in [6.45, 7) is 1.84. The van der Waals surface area contributed by atoms with Gasteiger partial charge in [-0.05, 0) is 36.8 Å². The van der Waals surface area contributed by atoms with E-state index in [0.717, 1.165) is 11.3 Å². The third-order valence-corrected chi connectivity index (χ3v) is 5.65. The predicted molar refractivity (Wildman–Crippen MR) is 108 cm³/mol. The third kappa shape index (κ3) is 4.30. The van der Waals surface area contributed by atoms with Gasteiger partial charge < -0.3 is 9.64 Å². The molecule has 1 unspecified atom stereocenters. The number of carbonyl (C=O) groups excluding carboxylic acids is 1. The van der Waals surface area contributed by atoms with E-state index in [1.807, 2.05) is 37.3 Å². The van der Waals surface area contributed by atoms with Crippen molar-refractivity contribution in [1.82, 2.24) is 14.7 Å². The van der Waals surface area contributed by atoms with Crippen molar-refractivity contribution in [2.45, 2.75) is 17.9 Å². The highest BCUT2D eigenvalue weighted by Gasteiger charge is 2.25. The summed E-state index contributed by atoms with van der Waals surface area (Å²) in [5.41, 5.74) is 1.75. The van der Waals surface area contributed by atoms with Crippen molar-refractivity contribution in [3.05, 3.63) is 72.1 Å². The molecule has 1 aromatic heterocycles. The van der Waals surface area contributed by atoms with Gasteiger partial charge in [0, 0.05) is 7.05 Å². The second-order valence-corrected chi connectivity index (χ2v) is 8.09. The summed E-state index contributed by atoms with van der Waals surface area (Å²) in [7, 11) is -0.628. The molecule has 3 aromatic rings. The fourth-order valence-electron chi connectivity index (χ4n) is 2.87. The number of aromatic nitrogens is 2. The molecule has 0 spiro atoms. The van der Waals surface area contributed by atoms with Crippen LogP contribution in [0, 0.1) is 0 Å². The number of amides is 1. The van der Waals surface area contributed by atoms with Crippen LogP contribution in [0.4, 0.5) is 0 Å². The molecule has 9 heteroatoms. The quantitative estimate of drug-likeness (QED) is 0.666. The highest BCUT2D eigenvalue weighted by atomic mass is 32.2. The number of methoxy groups -OCH3 is 1. The van der Waals surface area contributed by atoms with E-state index in [-0.39, 0.29) is 22.5 Å². The third-order valence-electron chi connectivity index (χ3n) is 4.72. The minimum atomic E-state index is -3.77. The van der Waals surface area contributed by atoms with Crippen molar-refractivity contribution < 1.29 is 17.9 Å². The average Bonchev–Trinajstić information content (AvgIpc) is 3.16. The molecular weight excluding hydrogens is 392 g/mol. The number of nitrogens with two attached hydrogens (primary N) is 1. The van der Waals surface area contributed by atoms with Crippen LogP contribution >= 0.6 is 0 Å². The van der Waals surface area contributed by atoms with Gasteiger partial charge in [-0.2, -0.15) is 5.10 Å². The number of benzene rings is 2. The van der Waals surface area contributed by atoms with Gasteiger partial charge in [0.25, 0.3) is 5.91 Å². The van der Waals surface area contributed by atoms with Crippen LogP contribution in [0.2, 0.25) is 0 Å². The number of hydrogen-bond acceptors (Lipinski definition) is 5. The minimum Gasteiger partial charge on any atom is -0.493 e. The van der Waals surface area contributed by atoms with Crippen LogP contribution in [0.3, 0.4) is 0 Å². The van der Waals surface area contributed by atoms with Crippen LogP contribution in [0.25, 0.3) is 5.69 Å². The van der Waals surface area contributed by atoms with Crippen molar-refractivity contribution >= 4 is 15.9 Å². The SMILES string of the molecule is COc1cn(-c2ccccc2)nc1C(=O)N(C)C(C)c1ccc(S(N)(=O)=O)cc1. The lowest BCUT2D eigenvalue weighted by Gasteiger charge is -2.25. The summed E-state index contributed by atoms with van der Waals surface area (Å²) in [6, 6.07) is 15.2. The molecule has 1 atom stereocenters. The molecule has 0 bridgehead atoms. The lowest BCUT2D eigenvalue weighted by atomic mass is 10.1. The molecule has 0 aliphatic carbocycles. The molecule has 0 fully saturated rings. The highest BCUT2D eigenvalue weighted by molar-refractivity contribution is 7.89. The maximum absolute atomic E-state index is 13.1. The van der Waals surface area contributed by atoms with Gasteiger partial charge in [0.05, 0.1) is 29.9 Å². The molecule has 0 radical (unpaired) electrons. The Hall–Kier alpha value is -3.17. The molecule has 3 rings (SSSR count). The van der Waals surface area contributed by atoms with Crippen LogP contribution in [-0.4, -0.2) is 43.2 Å². The Morgan fingerprint density at radius 1 is 1.14 bits per heavy atom. The summed E-state index contributed by atoms with van der Waals surface area (Å²) in [6.07, 6.45) is 1.65. The molecular formula is C20H22N4O4S. The molecule has 2 N–H and O–H groups in total. The molecule has 0 saturated carbocycles. The number of ether oxygens (including phenoxy) is 1. The first kappa shape index (κ1) is 20.6. The molecule has 0 aliphatic heterocycles. The average molecular weight is 414 g/mol. The van der Waals surface area contributed by atoms with Crippen LogP contribution < -0.4 is 9.88 Å². The smallest absolute Gasteiger partial charge is 0.278 e. The van der Waals surface area contributed by atoms with E-state index in [4.69, 9.17) is 9.88 Å². The summed E-state index contributed by atoms with van der Waals surface area (Å²) in [5, 5.41) is 9.53. The van der Waals surface area contributed by atoms with Gasteiger partial charge in [-0.15, -0.1) is 0 Å². The van der Waals surface area contributed by atoms with Gasteiger partial charge >= 0.3 is 0 Å². The Morgan fingerprint density at radius 3 is 2.31 bits per heavy atom. The predicted octanol–water partition coefficient (Wildman–Crippen LogP) is 2.36. The molecule has 8 nitrogen and oxygen atoms in total. The van der Waals surface area contributed by atoms with E-state index < -0.39 is 10.0 Å². The molecule has 0 aliphatic rings. The maximum atomic E-state index is 13.1. The van der Waals surface area contributed by atoms with Gasteiger partial charge in [0.2, 0.25) is 10.0 Å². The standard InChI is InChI=1S/C20H22N4O4S/c1-14(15-9-11-17(12-10-15)29(21,26)27)23(2)20(25)19-18(28-3)13-24(22-19)16-7-5-4-6-8-16/h4-14H,1-3H3,(H2,21,26,27). The van der Waals surface area contributed by atoms with Gasteiger partial charge in [0.15, 0.2) is 11.4 Å². The second kappa shape index (κ2) is 8.06. The first-order chi connectivity index (χ1) is 13.7. The van der Waals surface area contributed by atoms with Crippen molar-refractivity contribution in [1.29, 1.82) is 0 Å². The normalized spacial score (nSPS) is 12.4. The van der Waals surface area contributed by atoms with Gasteiger partial charge in [-0.25, -0.2) is 18.2 Å². The zero-order chi connectivity index (χ0) is 21.2. The monoisotopic (exact) mass is 414 g/mol. The Bertz CT molecular complexity index is 1110. The van der Waals surface area contributed by atoms with Crippen LogP contribution in [-0.2, 0) is 10.0 Å². The number of sulfonamides is 1. The fraction of sp³-hybridized carbons (Fsp3) is 0.200. The molecule has 1 heterocycles. The first-order valence-corrected chi connectivity index (χ1v) is 10.4. The minimum absolute atomic E-state index is 0.0192. The lowest BCUT2D eigenvalue weighted by Crippen LogP contribution is -2.30. The fourth-order valence-corrected chi connectivity index (χ4v) is 3.39. The van der Waals surface area contributed by atoms with Crippen molar-refractivity contribution in [2.75, 3.05) is 14.2 Å². The number of hydrogen-bond donors (Lipinski definition) is 1. The van der Waals surface area contributed by atoms with E-state index in [0.29, 0.717) is 5.75 Å². The maximum Gasteiger partial charge on any atom is 0.278 e. The Morgan fingerprint density at radius 2 is 1.76 bits per heavy atom. The summed E-state index contributed by atoms with van der Waals surface area (Å²) >= 11 is 0. The van der Waals surface area contributed by atoms with Gasteiger partial charge in [-0.1, -0.05) is 30.3 Å². The Balaban J connectivity index is 1.87. The lowest BCUT2D eigenvalue weighted by molar-refractivity contribution is 0.0733. The van der Waals surface area contributed by atoms with Gasteiger partial charge in [0.1, 0.15) is 0 Å². The molecule has 1 amide bonds. The zero-order valence-electron chi connectivity index (χ0n) is 16.3. The largest absolute Gasteiger partial charge is 0.493 e. The van der Waals surface area contributed by atoms with E-state index >= 15 is 0 Å². The van der Waals surface area contributed by atoms with E-state index in [1.54, 1.807) is 30.1 Å². The van der Waals surface area contributed by atoms with E-state index in [1.165, 1.54) is 24.1 Å². The number of para-hydroxylation sites is 1. The number of nitrogens with zero attached hydrogens (tertiary/aromatic N) is 3. The van der Waals surface area contributed by atoms with E-state index in [2.05, 4.69) is 5.10 Å². The Labute approximate surface area is 169 Å². The summed E-state index contributed by atoms with van der Waals surface area (Å²) < 4.78 is 29.8. The molecule has 0 saturated heterocycles. The number of primary sulfonamides is 1.